The molecule has 23 heavy (non-hydrogen) atoms. The molecule has 5 nitrogen and oxygen atoms in total. The molecule has 3 atom stereocenters. The Kier molecular flexibility index (Phi) is 4.39. The quantitative estimate of drug-likeness (QED) is 0.864. The predicted molar refractivity (Wildman–Crippen MR) is 86.8 cm³/mol. The molecule has 2 fully saturated rings. The topological polar surface area (TPSA) is 66.5 Å². The maximum absolute atomic E-state index is 12.5. The Morgan fingerprint density at radius 3 is 2.17 bits per heavy atom. The van der Waals surface area contributed by atoms with Gasteiger partial charge in [-0.05, 0) is 44.0 Å². The number of carbonyl (C=O) groups is 3. The maximum Gasteiger partial charge on any atom is 0.247 e. The van der Waals surface area contributed by atoms with Crippen LogP contribution in [0.2, 0.25) is 5.02 Å². The number of halogens is 1. The van der Waals surface area contributed by atoms with Gasteiger partial charge in [-0.1, -0.05) is 24.4 Å². The first-order valence-electron chi connectivity index (χ1n) is 7.92. The first kappa shape index (κ1) is 16.0. The van der Waals surface area contributed by atoms with Crippen LogP contribution >= 0.6 is 11.6 Å². The third kappa shape index (κ3) is 2.98. The Morgan fingerprint density at radius 1 is 1.13 bits per heavy atom. The van der Waals surface area contributed by atoms with Gasteiger partial charge >= 0.3 is 0 Å². The molecule has 3 rings (SSSR count). The van der Waals surface area contributed by atoms with E-state index in [1.165, 1.54) is 0 Å². The van der Waals surface area contributed by atoms with Crippen LogP contribution in [0.15, 0.2) is 24.3 Å². The highest BCUT2D eigenvalue weighted by atomic mass is 35.5. The van der Waals surface area contributed by atoms with Gasteiger partial charge in [0.1, 0.15) is 6.04 Å². The van der Waals surface area contributed by atoms with E-state index >= 15 is 0 Å². The fraction of sp³-hybridized carbons (Fsp3) is 0.471. The van der Waals surface area contributed by atoms with E-state index < -0.39 is 6.04 Å². The molecule has 3 amide bonds. The highest BCUT2D eigenvalue weighted by molar-refractivity contribution is 6.30. The van der Waals surface area contributed by atoms with Crippen LogP contribution < -0.4 is 5.32 Å². The zero-order chi connectivity index (χ0) is 16.6. The molecule has 0 bridgehead atoms. The van der Waals surface area contributed by atoms with Crippen LogP contribution in [0.25, 0.3) is 0 Å². The number of nitrogens with zero attached hydrogens (tertiary/aromatic N) is 1. The van der Waals surface area contributed by atoms with Gasteiger partial charge in [-0.15, -0.1) is 0 Å². The summed E-state index contributed by atoms with van der Waals surface area (Å²) < 4.78 is 0. The van der Waals surface area contributed by atoms with Crippen LogP contribution in [0.5, 0.6) is 0 Å². The lowest BCUT2D eigenvalue weighted by Crippen LogP contribution is -2.46. The lowest BCUT2D eigenvalue weighted by Gasteiger charge is -2.22. The second-order valence-corrected chi connectivity index (χ2v) is 6.65. The number of imide groups is 1. The van der Waals surface area contributed by atoms with Gasteiger partial charge in [0.05, 0.1) is 11.8 Å². The normalized spacial score (nSPS) is 25.2. The van der Waals surface area contributed by atoms with E-state index in [1.54, 1.807) is 31.2 Å². The van der Waals surface area contributed by atoms with Gasteiger partial charge in [-0.3, -0.25) is 19.3 Å². The summed E-state index contributed by atoms with van der Waals surface area (Å²) in [6.45, 7) is 1.60. The van der Waals surface area contributed by atoms with Gasteiger partial charge in [-0.25, -0.2) is 0 Å². The highest BCUT2D eigenvalue weighted by Gasteiger charge is 2.50. The molecular formula is C17H19ClN2O3. The second kappa shape index (κ2) is 6.32. The zero-order valence-corrected chi connectivity index (χ0v) is 13.7. The van der Waals surface area contributed by atoms with Crippen molar-refractivity contribution in [3.05, 3.63) is 29.3 Å². The number of nitrogens with one attached hydrogen (secondary N) is 1. The molecule has 1 aliphatic carbocycles. The molecule has 1 aromatic rings. The van der Waals surface area contributed by atoms with E-state index in [-0.39, 0.29) is 29.6 Å². The highest BCUT2D eigenvalue weighted by Crippen LogP contribution is 2.38. The SMILES string of the molecule is CC(C(=O)Nc1ccc(Cl)cc1)N1C(=O)C2CCCCC2C1=O. The van der Waals surface area contributed by atoms with Crippen molar-refractivity contribution in [2.24, 2.45) is 11.8 Å². The first-order valence-corrected chi connectivity index (χ1v) is 8.30. The summed E-state index contributed by atoms with van der Waals surface area (Å²) in [4.78, 5) is 38.6. The van der Waals surface area contributed by atoms with Gasteiger partial charge in [0.2, 0.25) is 17.7 Å². The minimum absolute atomic E-state index is 0.196. The molecule has 122 valence electrons. The molecule has 0 spiro atoms. The molecule has 6 heteroatoms. The van der Waals surface area contributed by atoms with Gasteiger partial charge < -0.3 is 5.32 Å². The van der Waals surface area contributed by atoms with Crippen LogP contribution in [0.1, 0.15) is 32.6 Å². The van der Waals surface area contributed by atoms with Gasteiger partial charge in [-0.2, -0.15) is 0 Å². The van der Waals surface area contributed by atoms with Crippen LogP contribution in [-0.4, -0.2) is 28.7 Å². The van der Waals surface area contributed by atoms with Gasteiger partial charge in [0.15, 0.2) is 0 Å². The lowest BCUT2D eigenvalue weighted by atomic mass is 9.81. The minimum atomic E-state index is -0.809. The molecule has 2 aliphatic rings. The van der Waals surface area contributed by atoms with Crippen molar-refractivity contribution < 1.29 is 14.4 Å². The van der Waals surface area contributed by atoms with E-state index in [9.17, 15) is 14.4 Å². The van der Waals surface area contributed by atoms with E-state index in [2.05, 4.69) is 5.32 Å². The standard InChI is InChI=1S/C17H19ClN2O3/c1-10(15(21)19-12-8-6-11(18)7-9-12)20-16(22)13-4-2-3-5-14(13)17(20)23/h6-10,13-14H,2-5H2,1H3,(H,19,21). The van der Waals surface area contributed by atoms with Crippen LogP contribution in [0, 0.1) is 11.8 Å². The number of hydrogen-bond donors (Lipinski definition) is 1. The third-order valence-electron chi connectivity index (χ3n) is 4.75. The molecule has 1 saturated carbocycles. The van der Waals surface area contributed by atoms with E-state index in [0.717, 1.165) is 30.6 Å². The summed E-state index contributed by atoms with van der Waals surface area (Å²) in [6.07, 6.45) is 3.44. The number of fused-ring (bicyclic) bond motifs is 1. The van der Waals surface area contributed by atoms with Crippen LogP contribution in [0.3, 0.4) is 0 Å². The molecule has 3 unspecified atom stereocenters. The molecule has 0 aromatic heterocycles. The van der Waals surface area contributed by atoms with Crippen molar-refractivity contribution in [1.29, 1.82) is 0 Å². The third-order valence-corrected chi connectivity index (χ3v) is 5.01. The summed E-state index contributed by atoms with van der Waals surface area (Å²) in [5.74, 6) is -1.23. The van der Waals surface area contributed by atoms with Gasteiger partial charge in [0.25, 0.3) is 0 Å². The molecule has 1 heterocycles. The average Bonchev–Trinajstić information content (AvgIpc) is 2.81. The summed E-state index contributed by atoms with van der Waals surface area (Å²) >= 11 is 5.81. The van der Waals surface area contributed by atoms with E-state index in [0.29, 0.717) is 10.7 Å². The Bertz CT molecular complexity index is 620. The van der Waals surface area contributed by atoms with Crippen molar-refractivity contribution in [1.82, 2.24) is 4.90 Å². The molecule has 1 saturated heterocycles. The summed E-state index contributed by atoms with van der Waals surface area (Å²) in [7, 11) is 0. The van der Waals surface area contributed by atoms with Crippen LogP contribution in [0.4, 0.5) is 5.69 Å². The number of anilines is 1. The fourth-order valence-electron chi connectivity index (χ4n) is 3.47. The monoisotopic (exact) mass is 334 g/mol. The minimum Gasteiger partial charge on any atom is -0.324 e. The average molecular weight is 335 g/mol. The maximum atomic E-state index is 12.5. The lowest BCUT2D eigenvalue weighted by molar-refractivity contribution is -0.146. The number of rotatable bonds is 3. The molecule has 1 N–H and O–H groups in total. The van der Waals surface area contributed by atoms with Crippen LogP contribution in [-0.2, 0) is 14.4 Å². The summed E-state index contributed by atoms with van der Waals surface area (Å²) in [6, 6.07) is 5.89. The number of benzene rings is 1. The Hall–Kier alpha value is -1.88. The van der Waals surface area contributed by atoms with Crippen molar-refractivity contribution in [2.45, 2.75) is 38.6 Å². The zero-order valence-electron chi connectivity index (χ0n) is 12.9. The number of likely N-dealkylation sites (tertiary alicyclic amines) is 1. The number of carbonyl (C=O) groups excluding carboxylic acids is 3. The fourth-order valence-corrected chi connectivity index (χ4v) is 3.59. The number of amides is 3. The van der Waals surface area contributed by atoms with Gasteiger partial charge in [0, 0.05) is 10.7 Å². The van der Waals surface area contributed by atoms with Crippen molar-refractivity contribution >= 4 is 35.0 Å². The van der Waals surface area contributed by atoms with Crippen molar-refractivity contribution in [3.63, 3.8) is 0 Å². The Morgan fingerprint density at radius 2 is 1.65 bits per heavy atom. The van der Waals surface area contributed by atoms with E-state index in [1.807, 2.05) is 0 Å². The first-order chi connectivity index (χ1) is 11.0. The molecule has 1 aromatic carbocycles. The predicted octanol–water partition coefficient (Wildman–Crippen LogP) is 2.84. The molecular weight excluding hydrogens is 316 g/mol. The van der Waals surface area contributed by atoms with Crippen molar-refractivity contribution in [2.75, 3.05) is 5.32 Å². The molecule has 0 radical (unpaired) electrons. The summed E-state index contributed by atoms with van der Waals surface area (Å²) in [5, 5.41) is 3.30. The van der Waals surface area contributed by atoms with Crippen molar-refractivity contribution in [3.8, 4) is 0 Å². The largest absolute Gasteiger partial charge is 0.324 e. The Labute approximate surface area is 140 Å². The Balaban J connectivity index is 1.72. The number of hydrogen-bond acceptors (Lipinski definition) is 3. The molecule has 1 aliphatic heterocycles. The van der Waals surface area contributed by atoms with E-state index in [4.69, 9.17) is 11.6 Å². The smallest absolute Gasteiger partial charge is 0.247 e. The summed E-state index contributed by atoms with van der Waals surface area (Å²) in [5.41, 5.74) is 0.586. The second-order valence-electron chi connectivity index (χ2n) is 6.22.